The van der Waals surface area contributed by atoms with Gasteiger partial charge in [-0.15, -0.1) is 6.58 Å². The van der Waals surface area contributed by atoms with Crippen LogP contribution in [0.1, 0.15) is 0 Å². The summed E-state index contributed by atoms with van der Waals surface area (Å²) in [4.78, 5) is 0. The van der Waals surface area contributed by atoms with Gasteiger partial charge >= 0.3 is 0 Å². The molecule has 6 heavy (non-hydrogen) atoms. The molecule has 36 valence electrons. The van der Waals surface area contributed by atoms with E-state index in [1.165, 1.54) is 0 Å². The minimum atomic E-state index is -1.37. The summed E-state index contributed by atoms with van der Waals surface area (Å²) in [6, 6.07) is 0. The van der Waals surface area contributed by atoms with Crippen molar-refractivity contribution in [2.45, 2.75) is 13.1 Å². The van der Waals surface area contributed by atoms with E-state index in [9.17, 15) is 0 Å². The maximum Gasteiger partial charge on any atom is 0.140 e. The zero-order chi connectivity index (χ0) is 5.21. The zero-order valence-corrected chi connectivity index (χ0v) is 5.36. The monoisotopic (exact) mass is 101 g/mol. The molecule has 0 saturated carbocycles. The van der Waals surface area contributed by atoms with Gasteiger partial charge in [-0.3, -0.25) is 0 Å². The van der Waals surface area contributed by atoms with Crippen molar-refractivity contribution in [3.8, 4) is 0 Å². The number of hydrogen-bond donors (Lipinski definition) is 1. The summed E-state index contributed by atoms with van der Waals surface area (Å²) in [6.45, 7) is 7.65. The summed E-state index contributed by atoms with van der Waals surface area (Å²) < 4.78 is 0. The van der Waals surface area contributed by atoms with Gasteiger partial charge in [0.1, 0.15) is 8.24 Å². The minimum Gasteiger partial charge on any atom is -0.348 e. The molecule has 0 fully saturated rings. The topological polar surface area (TPSA) is 26.0 Å². The highest BCUT2D eigenvalue weighted by atomic mass is 28.3. The van der Waals surface area contributed by atoms with Crippen LogP contribution in [0, 0.1) is 0 Å². The average Bonchev–Trinajstić information content (AvgIpc) is 1.35. The first-order valence-corrected chi connectivity index (χ1v) is 5.14. The van der Waals surface area contributed by atoms with E-state index in [-0.39, 0.29) is 0 Å². The highest BCUT2D eigenvalue weighted by Gasteiger charge is 2.04. The molecule has 0 radical (unpaired) electrons. The van der Waals surface area contributed by atoms with E-state index in [1.54, 1.807) is 0 Å². The Hall–Kier alpha value is -0.0831. The van der Waals surface area contributed by atoms with Gasteiger partial charge in [0.15, 0.2) is 0 Å². The molecule has 0 aromatic carbocycles. The molecule has 0 unspecified atom stereocenters. The van der Waals surface area contributed by atoms with Gasteiger partial charge < -0.3 is 5.40 Å². The van der Waals surface area contributed by atoms with Crippen LogP contribution in [0.4, 0.5) is 0 Å². The van der Waals surface area contributed by atoms with Crippen molar-refractivity contribution in [2.75, 3.05) is 0 Å². The lowest BCUT2D eigenvalue weighted by molar-refractivity contribution is 1.64. The summed E-state index contributed by atoms with van der Waals surface area (Å²) >= 11 is 0. The fourth-order valence-electron chi connectivity index (χ4n) is 0. The Balaban J connectivity index is 3.45. The van der Waals surface area contributed by atoms with E-state index >= 15 is 0 Å². The molecule has 0 aromatic heterocycles. The van der Waals surface area contributed by atoms with Crippen LogP contribution < -0.4 is 5.40 Å². The van der Waals surface area contributed by atoms with Crippen molar-refractivity contribution >= 4 is 8.24 Å². The Labute approximate surface area is 39.9 Å². The Bertz CT molecular complexity index is 53.1. The molecule has 0 aliphatic carbocycles. The van der Waals surface area contributed by atoms with E-state index in [0.29, 0.717) is 0 Å². The molecule has 0 aliphatic heterocycles. The standard InChI is InChI=1S/C4H11NSi/c1-4-6(2,3)5/h4H,1,5H2,2-3H3. The second-order valence-electron chi connectivity index (χ2n) is 2.03. The number of rotatable bonds is 1. The molecule has 0 heterocycles. The van der Waals surface area contributed by atoms with Crippen LogP contribution in [-0.2, 0) is 0 Å². The van der Waals surface area contributed by atoms with Crippen LogP contribution in [-0.4, -0.2) is 8.24 Å². The van der Waals surface area contributed by atoms with Crippen molar-refractivity contribution in [1.82, 2.24) is 0 Å². The minimum absolute atomic E-state index is 1.37. The van der Waals surface area contributed by atoms with E-state index in [1.807, 2.05) is 18.8 Å². The van der Waals surface area contributed by atoms with Gasteiger partial charge in [0, 0.05) is 0 Å². The summed E-state index contributed by atoms with van der Waals surface area (Å²) in [5, 5.41) is 5.56. The summed E-state index contributed by atoms with van der Waals surface area (Å²) in [6.07, 6.45) is 0. The fourth-order valence-corrected chi connectivity index (χ4v) is 0. The van der Waals surface area contributed by atoms with E-state index in [2.05, 4.69) is 6.58 Å². The van der Waals surface area contributed by atoms with Gasteiger partial charge in [0.2, 0.25) is 0 Å². The second-order valence-corrected chi connectivity index (χ2v) is 6.08. The van der Waals surface area contributed by atoms with Gasteiger partial charge in [-0.1, -0.05) is 18.8 Å². The SMILES string of the molecule is C=C[Si](C)(C)N. The van der Waals surface area contributed by atoms with E-state index < -0.39 is 8.24 Å². The van der Waals surface area contributed by atoms with Gasteiger partial charge in [-0.25, -0.2) is 0 Å². The lowest BCUT2D eigenvalue weighted by Gasteiger charge is -2.04. The van der Waals surface area contributed by atoms with Crippen LogP contribution in [0.25, 0.3) is 0 Å². The smallest absolute Gasteiger partial charge is 0.140 e. The van der Waals surface area contributed by atoms with Gasteiger partial charge in [-0.05, 0) is 0 Å². The third-order valence-electron chi connectivity index (χ3n) is 0.526. The summed E-state index contributed by atoms with van der Waals surface area (Å²) in [5.41, 5.74) is 1.85. The van der Waals surface area contributed by atoms with Crippen molar-refractivity contribution in [3.63, 3.8) is 0 Å². The first-order chi connectivity index (χ1) is 2.56. The molecular weight excluding hydrogens is 90.1 g/mol. The summed E-state index contributed by atoms with van der Waals surface area (Å²) in [5.74, 6) is 0. The molecule has 0 aliphatic rings. The lowest BCUT2D eigenvalue weighted by Crippen LogP contribution is -2.35. The zero-order valence-electron chi connectivity index (χ0n) is 4.36. The van der Waals surface area contributed by atoms with Crippen molar-refractivity contribution in [3.05, 3.63) is 12.3 Å². The van der Waals surface area contributed by atoms with Gasteiger partial charge in [-0.2, -0.15) is 0 Å². The van der Waals surface area contributed by atoms with Crippen LogP contribution in [0.15, 0.2) is 12.3 Å². The molecule has 0 amide bonds. The Kier molecular flexibility index (Phi) is 1.55. The maximum atomic E-state index is 5.56. The molecule has 2 heteroatoms. The fraction of sp³-hybridized carbons (Fsp3) is 0.500. The predicted octanol–water partition coefficient (Wildman–Crippen LogP) is 0.875. The van der Waals surface area contributed by atoms with Crippen LogP contribution in [0.5, 0.6) is 0 Å². The third-order valence-corrected chi connectivity index (χ3v) is 1.58. The predicted molar refractivity (Wildman–Crippen MR) is 31.9 cm³/mol. The normalized spacial score (nSPS) is 11.2. The first kappa shape index (κ1) is 5.92. The quantitative estimate of drug-likeness (QED) is 0.487. The van der Waals surface area contributed by atoms with Crippen molar-refractivity contribution in [1.29, 1.82) is 0 Å². The van der Waals surface area contributed by atoms with Crippen molar-refractivity contribution in [2.24, 2.45) is 5.40 Å². The van der Waals surface area contributed by atoms with Crippen molar-refractivity contribution < 1.29 is 0 Å². The summed E-state index contributed by atoms with van der Waals surface area (Å²) in [7, 11) is -1.37. The van der Waals surface area contributed by atoms with Gasteiger partial charge in [0.25, 0.3) is 0 Å². The molecule has 0 bridgehead atoms. The Morgan fingerprint density at radius 1 is 1.67 bits per heavy atom. The third kappa shape index (κ3) is 3.92. The lowest BCUT2D eigenvalue weighted by atomic mass is 11.3. The number of nitrogens with two attached hydrogens (primary N) is 1. The Morgan fingerprint density at radius 2 is 1.83 bits per heavy atom. The molecule has 0 aromatic rings. The highest BCUT2D eigenvalue weighted by molar-refractivity contribution is 6.79. The average molecular weight is 101 g/mol. The molecule has 0 saturated heterocycles. The van der Waals surface area contributed by atoms with Gasteiger partial charge in [0.05, 0.1) is 0 Å². The molecule has 1 nitrogen and oxygen atoms in total. The second kappa shape index (κ2) is 1.58. The number of hydrogen-bond acceptors (Lipinski definition) is 1. The van der Waals surface area contributed by atoms with E-state index in [0.717, 1.165) is 0 Å². The molecule has 0 spiro atoms. The Morgan fingerprint density at radius 3 is 1.83 bits per heavy atom. The largest absolute Gasteiger partial charge is 0.348 e. The molecule has 2 N–H and O–H groups in total. The van der Waals surface area contributed by atoms with Crippen LogP contribution in [0.3, 0.4) is 0 Å². The maximum absolute atomic E-state index is 5.56. The van der Waals surface area contributed by atoms with Crippen LogP contribution >= 0.6 is 0 Å². The molecular formula is C4H11NSi. The molecule has 0 rings (SSSR count). The van der Waals surface area contributed by atoms with E-state index in [4.69, 9.17) is 5.40 Å². The first-order valence-electron chi connectivity index (χ1n) is 1.99. The molecule has 0 atom stereocenters. The van der Waals surface area contributed by atoms with Crippen LogP contribution in [0.2, 0.25) is 13.1 Å². The highest BCUT2D eigenvalue weighted by Crippen LogP contribution is 1.87.